The monoisotopic (exact) mass is 449 g/mol. The topological polar surface area (TPSA) is 79.5 Å². The van der Waals surface area contributed by atoms with E-state index in [4.69, 9.17) is 16.0 Å². The predicted molar refractivity (Wildman–Crippen MR) is 128 cm³/mol. The van der Waals surface area contributed by atoms with Gasteiger partial charge in [-0.05, 0) is 48.2 Å². The van der Waals surface area contributed by atoms with Gasteiger partial charge < -0.3 is 14.8 Å². The molecule has 0 saturated heterocycles. The highest BCUT2D eigenvalue weighted by Crippen LogP contribution is 2.25. The van der Waals surface area contributed by atoms with Crippen LogP contribution in [0.1, 0.15) is 35.0 Å². The minimum absolute atomic E-state index is 0.0683. The number of benzene rings is 2. The van der Waals surface area contributed by atoms with Crippen LogP contribution >= 0.6 is 11.6 Å². The van der Waals surface area contributed by atoms with Crippen molar-refractivity contribution in [3.05, 3.63) is 101 Å². The molecule has 1 unspecified atom stereocenters. The molecule has 5 nitrogen and oxygen atoms in total. The van der Waals surface area contributed by atoms with Crippen molar-refractivity contribution in [2.75, 3.05) is 0 Å². The van der Waals surface area contributed by atoms with Crippen molar-refractivity contribution >= 4 is 40.0 Å². The van der Waals surface area contributed by atoms with E-state index in [1.807, 2.05) is 61.5 Å². The standard InChI is InChI=1S/C26H24ClNO4/c1-3-21(27)11-7-8-17(2)19-12-13-23-20(15-19)16-24(32-23)25(29)28-22(26(30)31)14-18-9-5-4-6-10-18/h3-6,8-13,15-16,22H,1,7,14H2,2H3,(H,28,29)(H,30,31)/b17-8+,21-11+. The highest BCUT2D eigenvalue weighted by atomic mass is 35.5. The summed E-state index contributed by atoms with van der Waals surface area (Å²) in [5.74, 6) is -1.60. The van der Waals surface area contributed by atoms with Crippen LogP contribution in [0.15, 0.2) is 88.9 Å². The molecule has 0 bridgehead atoms. The third-order valence-corrected chi connectivity index (χ3v) is 5.32. The smallest absolute Gasteiger partial charge is 0.326 e. The van der Waals surface area contributed by atoms with Gasteiger partial charge in [0.2, 0.25) is 0 Å². The SMILES string of the molecule is C=C/C(Cl)=C\C/C=C(\C)c1ccc2oc(C(=O)NC(Cc3ccccc3)C(=O)O)cc2c1. The molecule has 6 heteroatoms. The van der Waals surface area contributed by atoms with Gasteiger partial charge in [-0.25, -0.2) is 4.79 Å². The molecule has 0 radical (unpaired) electrons. The van der Waals surface area contributed by atoms with Crippen LogP contribution in [-0.2, 0) is 11.2 Å². The number of halogens is 1. The Kier molecular flexibility index (Phi) is 7.68. The first-order valence-corrected chi connectivity index (χ1v) is 10.5. The first-order valence-electron chi connectivity index (χ1n) is 10.1. The van der Waals surface area contributed by atoms with Crippen LogP contribution in [0.3, 0.4) is 0 Å². The summed E-state index contributed by atoms with van der Waals surface area (Å²) in [6.07, 6.45) is 6.35. The Balaban J connectivity index is 1.75. The van der Waals surface area contributed by atoms with Gasteiger partial charge >= 0.3 is 5.97 Å². The van der Waals surface area contributed by atoms with Crippen LogP contribution in [0, 0.1) is 0 Å². The number of aliphatic carboxylic acids is 1. The molecule has 2 aromatic carbocycles. The van der Waals surface area contributed by atoms with Crippen LogP contribution in [0.25, 0.3) is 16.5 Å². The third-order valence-electron chi connectivity index (χ3n) is 5.01. The van der Waals surface area contributed by atoms with Gasteiger partial charge in [-0.15, -0.1) is 0 Å². The van der Waals surface area contributed by atoms with E-state index in [1.165, 1.54) is 0 Å². The van der Waals surface area contributed by atoms with E-state index < -0.39 is 17.9 Å². The summed E-state index contributed by atoms with van der Waals surface area (Å²) in [6.45, 7) is 5.61. The molecule has 0 spiro atoms. The minimum atomic E-state index is -1.10. The average molecular weight is 450 g/mol. The molecule has 0 saturated carbocycles. The number of carboxylic acids is 1. The van der Waals surface area contributed by atoms with Gasteiger partial charge in [-0.1, -0.05) is 72.8 Å². The van der Waals surface area contributed by atoms with Crippen LogP contribution in [0.5, 0.6) is 0 Å². The molecule has 0 aliphatic carbocycles. The number of allylic oxidation sites excluding steroid dienone is 5. The molecule has 1 heterocycles. The summed E-state index contributed by atoms with van der Waals surface area (Å²) in [6, 6.07) is 15.3. The summed E-state index contributed by atoms with van der Waals surface area (Å²) in [5.41, 5.74) is 3.41. The molecule has 0 fully saturated rings. The van der Waals surface area contributed by atoms with Gasteiger partial charge in [0.1, 0.15) is 11.6 Å². The summed E-state index contributed by atoms with van der Waals surface area (Å²) >= 11 is 5.93. The number of carbonyl (C=O) groups is 2. The van der Waals surface area contributed by atoms with E-state index in [9.17, 15) is 14.7 Å². The zero-order valence-electron chi connectivity index (χ0n) is 17.7. The fourth-order valence-corrected chi connectivity index (χ4v) is 3.32. The van der Waals surface area contributed by atoms with Gasteiger partial charge in [-0.3, -0.25) is 4.79 Å². The van der Waals surface area contributed by atoms with E-state index in [2.05, 4.69) is 11.9 Å². The Morgan fingerprint density at radius 2 is 1.91 bits per heavy atom. The maximum atomic E-state index is 12.7. The zero-order chi connectivity index (χ0) is 23.1. The number of fused-ring (bicyclic) bond motifs is 1. The molecule has 0 aliphatic heterocycles. The van der Waals surface area contributed by atoms with Gasteiger partial charge in [-0.2, -0.15) is 0 Å². The fraction of sp³-hybridized carbons (Fsp3) is 0.154. The van der Waals surface area contributed by atoms with Crippen molar-refractivity contribution in [1.29, 1.82) is 0 Å². The zero-order valence-corrected chi connectivity index (χ0v) is 18.4. The maximum absolute atomic E-state index is 12.7. The lowest BCUT2D eigenvalue weighted by atomic mass is 10.0. The first kappa shape index (κ1) is 23.1. The third kappa shape index (κ3) is 5.99. The Morgan fingerprint density at radius 3 is 2.59 bits per heavy atom. The van der Waals surface area contributed by atoms with Crippen molar-refractivity contribution < 1.29 is 19.1 Å². The number of carbonyl (C=O) groups excluding carboxylic acids is 1. The van der Waals surface area contributed by atoms with E-state index in [0.717, 1.165) is 22.1 Å². The van der Waals surface area contributed by atoms with Gasteiger partial charge in [0.25, 0.3) is 5.91 Å². The number of rotatable bonds is 9. The van der Waals surface area contributed by atoms with Crippen molar-refractivity contribution in [2.24, 2.45) is 0 Å². The Labute approximate surface area is 191 Å². The normalized spacial score (nSPS) is 13.1. The summed E-state index contributed by atoms with van der Waals surface area (Å²) in [5, 5.41) is 13.4. The van der Waals surface area contributed by atoms with Crippen LogP contribution < -0.4 is 5.32 Å². The number of hydrogen-bond acceptors (Lipinski definition) is 3. The Bertz CT molecular complexity index is 1190. The maximum Gasteiger partial charge on any atom is 0.326 e. The molecule has 164 valence electrons. The largest absolute Gasteiger partial charge is 0.480 e. The van der Waals surface area contributed by atoms with Crippen LogP contribution in [0.2, 0.25) is 0 Å². The number of hydrogen-bond donors (Lipinski definition) is 2. The highest BCUT2D eigenvalue weighted by molar-refractivity contribution is 6.31. The van der Waals surface area contributed by atoms with Crippen molar-refractivity contribution in [1.82, 2.24) is 5.32 Å². The number of amides is 1. The van der Waals surface area contributed by atoms with E-state index in [0.29, 0.717) is 17.0 Å². The summed E-state index contributed by atoms with van der Waals surface area (Å²) in [7, 11) is 0. The van der Waals surface area contributed by atoms with Crippen molar-refractivity contribution in [2.45, 2.75) is 25.8 Å². The van der Waals surface area contributed by atoms with Crippen molar-refractivity contribution in [3.8, 4) is 0 Å². The molecule has 3 rings (SSSR count). The Hall–Kier alpha value is -3.57. The van der Waals surface area contributed by atoms with E-state index in [-0.39, 0.29) is 12.2 Å². The highest BCUT2D eigenvalue weighted by Gasteiger charge is 2.23. The van der Waals surface area contributed by atoms with E-state index >= 15 is 0 Å². The van der Waals surface area contributed by atoms with E-state index in [1.54, 1.807) is 18.2 Å². The lowest BCUT2D eigenvalue weighted by Gasteiger charge is -2.13. The minimum Gasteiger partial charge on any atom is -0.480 e. The van der Waals surface area contributed by atoms with Gasteiger partial charge in [0.05, 0.1) is 0 Å². The molecular weight excluding hydrogens is 426 g/mol. The van der Waals surface area contributed by atoms with Crippen LogP contribution in [0.4, 0.5) is 0 Å². The second-order valence-corrected chi connectivity index (χ2v) is 7.77. The van der Waals surface area contributed by atoms with Crippen molar-refractivity contribution in [3.63, 3.8) is 0 Å². The molecule has 1 amide bonds. The number of nitrogens with one attached hydrogen (secondary N) is 1. The number of carboxylic acid groups (broad SMARTS) is 1. The molecule has 32 heavy (non-hydrogen) atoms. The lowest BCUT2D eigenvalue weighted by molar-refractivity contribution is -0.139. The second-order valence-electron chi connectivity index (χ2n) is 7.33. The number of furan rings is 1. The molecule has 1 aromatic heterocycles. The average Bonchev–Trinajstić information content (AvgIpc) is 3.22. The molecule has 1 atom stereocenters. The fourth-order valence-electron chi connectivity index (χ4n) is 3.23. The summed E-state index contributed by atoms with van der Waals surface area (Å²) in [4.78, 5) is 24.3. The van der Waals surface area contributed by atoms with Gasteiger partial charge in [0.15, 0.2) is 5.76 Å². The van der Waals surface area contributed by atoms with Crippen LogP contribution in [-0.4, -0.2) is 23.0 Å². The molecule has 2 N–H and O–H groups in total. The lowest BCUT2D eigenvalue weighted by Crippen LogP contribution is -2.42. The molecule has 3 aromatic rings. The second kappa shape index (κ2) is 10.6. The quantitative estimate of drug-likeness (QED) is 0.395. The van der Waals surface area contributed by atoms with Gasteiger partial charge in [0, 0.05) is 16.8 Å². The molecule has 0 aliphatic rings. The molecular formula is C26H24ClNO4. The first-order chi connectivity index (χ1) is 15.4. The Morgan fingerprint density at radius 1 is 1.16 bits per heavy atom. The summed E-state index contributed by atoms with van der Waals surface area (Å²) < 4.78 is 5.66. The predicted octanol–water partition coefficient (Wildman–Crippen LogP) is 5.96.